The summed E-state index contributed by atoms with van der Waals surface area (Å²) in [5.74, 6) is 3.78. The Labute approximate surface area is 161 Å². The molecule has 1 N–H and O–H groups in total. The maximum atomic E-state index is 11.9. The van der Waals surface area contributed by atoms with Crippen LogP contribution in [0, 0.1) is 34.5 Å². The summed E-state index contributed by atoms with van der Waals surface area (Å²) in [5.41, 5.74) is 1.63. The summed E-state index contributed by atoms with van der Waals surface area (Å²) in [4.78, 5) is 11.9. The van der Waals surface area contributed by atoms with Crippen molar-refractivity contribution < 1.29 is 19.1 Å². The molecule has 148 valence electrons. The molecule has 1 heterocycles. The van der Waals surface area contributed by atoms with Gasteiger partial charge in [-0.25, -0.2) is 4.79 Å². The summed E-state index contributed by atoms with van der Waals surface area (Å²) in [7, 11) is 1.41. The minimum Gasteiger partial charge on any atom is -0.463 e. The summed E-state index contributed by atoms with van der Waals surface area (Å²) in [6.45, 7) is 4.84. The van der Waals surface area contributed by atoms with Gasteiger partial charge in [0.15, 0.2) is 0 Å². The molecule has 0 spiro atoms. The highest BCUT2D eigenvalue weighted by Gasteiger charge is 2.60. The van der Waals surface area contributed by atoms with Crippen molar-refractivity contribution in [3.8, 4) is 0 Å². The van der Waals surface area contributed by atoms with Crippen molar-refractivity contribution in [1.29, 1.82) is 0 Å². The van der Waals surface area contributed by atoms with Gasteiger partial charge in [-0.3, -0.25) is 0 Å². The number of aliphatic hydroxyl groups excluding tert-OH is 1. The first-order valence-corrected chi connectivity index (χ1v) is 10.7. The molecule has 5 rings (SSSR count). The van der Waals surface area contributed by atoms with Crippen LogP contribution < -0.4 is 0 Å². The number of hydrogen-bond acceptors (Lipinski definition) is 4. The fourth-order valence-electron chi connectivity index (χ4n) is 7.74. The molecule has 0 amide bonds. The number of esters is 1. The summed E-state index contributed by atoms with van der Waals surface area (Å²) in [6, 6.07) is 1.93. The number of carbonyl (C=O) groups excluding carboxylic acids is 1. The lowest BCUT2D eigenvalue weighted by molar-refractivity contribution is -0.112. The van der Waals surface area contributed by atoms with Gasteiger partial charge in [0, 0.05) is 6.42 Å². The lowest BCUT2D eigenvalue weighted by Crippen LogP contribution is -2.54. The number of rotatable bonds is 1. The van der Waals surface area contributed by atoms with E-state index in [9.17, 15) is 9.90 Å². The van der Waals surface area contributed by atoms with E-state index < -0.39 is 0 Å². The van der Waals surface area contributed by atoms with Crippen molar-refractivity contribution in [3.63, 3.8) is 0 Å². The molecule has 7 atom stereocenters. The molecule has 4 aliphatic carbocycles. The highest BCUT2D eigenvalue weighted by molar-refractivity contribution is 5.86. The first kappa shape index (κ1) is 17.8. The van der Waals surface area contributed by atoms with Crippen LogP contribution in [0.1, 0.15) is 74.3 Å². The van der Waals surface area contributed by atoms with Gasteiger partial charge in [-0.15, -0.1) is 0 Å². The first-order chi connectivity index (χ1) is 12.9. The van der Waals surface area contributed by atoms with Gasteiger partial charge < -0.3 is 14.3 Å². The Morgan fingerprint density at radius 1 is 1.15 bits per heavy atom. The molecule has 0 bridgehead atoms. The van der Waals surface area contributed by atoms with E-state index >= 15 is 0 Å². The second kappa shape index (κ2) is 5.85. The molecule has 0 radical (unpaired) electrons. The lowest BCUT2D eigenvalue weighted by atomic mass is 9.45. The lowest BCUT2D eigenvalue weighted by Gasteiger charge is -2.59. The second-order valence-corrected chi connectivity index (χ2v) is 10.2. The van der Waals surface area contributed by atoms with Crippen molar-refractivity contribution in [1.82, 2.24) is 0 Å². The van der Waals surface area contributed by atoms with Crippen LogP contribution in [0.3, 0.4) is 0 Å². The van der Waals surface area contributed by atoms with E-state index in [1.54, 1.807) is 0 Å². The standard InChI is InChI=1S/C23H32O4/c1-22-9-8-17-15(16(22)6-7-20(22)24)5-4-14-11-18-13(12-23(14,17)2)10-19(27-18)21(25)26-3/h10,14-17,20,24H,4-9,11-12H2,1-3H3/t14-,15?,16?,17?,20-,22-,23-/m0/s1. The number of furan rings is 1. The molecule has 0 aromatic carbocycles. The van der Waals surface area contributed by atoms with Crippen LogP contribution in [0.2, 0.25) is 0 Å². The summed E-state index contributed by atoms with van der Waals surface area (Å²) >= 11 is 0. The maximum absolute atomic E-state index is 11.9. The molecule has 0 saturated heterocycles. The van der Waals surface area contributed by atoms with Crippen molar-refractivity contribution in [3.05, 3.63) is 23.2 Å². The number of carbonyl (C=O) groups is 1. The van der Waals surface area contributed by atoms with Crippen LogP contribution in [0.25, 0.3) is 0 Å². The molecule has 27 heavy (non-hydrogen) atoms. The van der Waals surface area contributed by atoms with Crippen molar-refractivity contribution >= 4 is 5.97 Å². The molecule has 0 aliphatic heterocycles. The van der Waals surface area contributed by atoms with Crippen molar-refractivity contribution in [2.45, 2.75) is 71.3 Å². The maximum Gasteiger partial charge on any atom is 0.373 e. The predicted octanol–water partition coefficient (Wildman–Crippen LogP) is 4.38. The predicted molar refractivity (Wildman–Crippen MR) is 101 cm³/mol. The summed E-state index contributed by atoms with van der Waals surface area (Å²) in [6.07, 6.45) is 8.97. The SMILES string of the molecule is COC(=O)c1cc2c(o1)C[C@@H]1CCC3C4CC[C@H](O)[C@@]4(C)CCC3[C@@]1(C)C2. The smallest absolute Gasteiger partial charge is 0.373 e. The number of methoxy groups -OCH3 is 1. The van der Waals surface area contributed by atoms with Gasteiger partial charge >= 0.3 is 5.97 Å². The number of fused-ring (bicyclic) bond motifs is 6. The van der Waals surface area contributed by atoms with Crippen LogP contribution in [0.15, 0.2) is 10.5 Å². The molecule has 1 aromatic rings. The highest BCUT2D eigenvalue weighted by Crippen LogP contribution is 2.65. The monoisotopic (exact) mass is 372 g/mol. The van der Waals surface area contributed by atoms with E-state index in [1.165, 1.54) is 38.4 Å². The van der Waals surface area contributed by atoms with Gasteiger partial charge in [-0.2, -0.15) is 0 Å². The van der Waals surface area contributed by atoms with Crippen molar-refractivity contribution in [2.24, 2.45) is 34.5 Å². The zero-order valence-electron chi connectivity index (χ0n) is 16.8. The average molecular weight is 373 g/mol. The van der Waals surface area contributed by atoms with Crippen molar-refractivity contribution in [2.75, 3.05) is 7.11 Å². The quantitative estimate of drug-likeness (QED) is 0.743. The zero-order chi connectivity index (χ0) is 19.0. The van der Waals surface area contributed by atoms with E-state index in [2.05, 4.69) is 13.8 Å². The number of ether oxygens (including phenoxy) is 1. The Bertz CT molecular complexity index is 766. The fraction of sp³-hybridized carbons (Fsp3) is 0.783. The van der Waals surface area contributed by atoms with Gasteiger partial charge in [0.1, 0.15) is 5.76 Å². The van der Waals surface area contributed by atoms with E-state index in [4.69, 9.17) is 9.15 Å². The summed E-state index contributed by atoms with van der Waals surface area (Å²) in [5, 5.41) is 10.6. The van der Waals surface area contributed by atoms with Gasteiger partial charge in [-0.05, 0) is 91.1 Å². The van der Waals surface area contributed by atoms with E-state index in [1.807, 2.05) is 6.07 Å². The molecule has 3 saturated carbocycles. The minimum absolute atomic E-state index is 0.108. The zero-order valence-corrected chi connectivity index (χ0v) is 16.8. The fourth-order valence-corrected chi connectivity index (χ4v) is 7.74. The normalized spacial score (nSPS) is 45.4. The van der Waals surface area contributed by atoms with Gasteiger partial charge in [0.05, 0.1) is 13.2 Å². The third-order valence-corrected chi connectivity index (χ3v) is 9.30. The highest BCUT2D eigenvalue weighted by atomic mass is 16.5. The Morgan fingerprint density at radius 3 is 2.70 bits per heavy atom. The molecule has 3 fully saturated rings. The Kier molecular flexibility index (Phi) is 3.86. The third kappa shape index (κ3) is 2.35. The summed E-state index contributed by atoms with van der Waals surface area (Å²) < 4.78 is 10.7. The van der Waals surface area contributed by atoms with Gasteiger partial charge in [0.2, 0.25) is 5.76 Å². The largest absolute Gasteiger partial charge is 0.463 e. The number of aliphatic hydroxyl groups is 1. The molecular weight excluding hydrogens is 340 g/mol. The topological polar surface area (TPSA) is 59.7 Å². The minimum atomic E-state index is -0.372. The molecule has 4 heteroatoms. The van der Waals surface area contributed by atoms with Crippen LogP contribution in [-0.2, 0) is 17.6 Å². The average Bonchev–Trinajstić information content (AvgIpc) is 3.19. The van der Waals surface area contributed by atoms with Crippen LogP contribution in [-0.4, -0.2) is 24.3 Å². The van der Waals surface area contributed by atoms with Crippen LogP contribution in [0.5, 0.6) is 0 Å². The Hall–Kier alpha value is -1.29. The molecule has 1 aromatic heterocycles. The molecule has 4 nitrogen and oxygen atoms in total. The number of hydrogen-bond donors (Lipinski definition) is 1. The molecular formula is C23H32O4. The van der Waals surface area contributed by atoms with E-state index in [0.717, 1.165) is 43.3 Å². The van der Waals surface area contributed by atoms with E-state index in [-0.39, 0.29) is 22.9 Å². The van der Waals surface area contributed by atoms with Gasteiger partial charge in [-0.1, -0.05) is 13.8 Å². The van der Waals surface area contributed by atoms with Crippen LogP contribution in [0.4, 0.5) is 0 Å². The van der Waals surface area contributed by atoms with Crippen LogP contribution >= 0.6 is 0 Å². The molecule has 4 aliphatic rings. The Morgan fingerprint density at radius 2 is 1.93 bits per heavy atom. The third-order valence-electron chi connectivity index (χ3n) is 9.30. The molecule has 3 unspecified atom stereocenters. The first-order valence-electron chi connectivity index (χ1n) is 10.7. The van der Waals surface area contributed by atoms with E-state index in [0.29, 0.717) is 17.6 Å². The Balaban J connectivity index is 1.46. The van der Waals surface area contributed by atoms with Gasteiger partial charge in [0.25, 0.3) is 0 Å². The second-order valence-electron chi connectivity index (χ2n) is 10.2.